The normalized spacial score (nSPS) is 19.3. The van der Waals surface area contributed by atoms with Crippen molar-refractivity contribution in [3.8, 4) is 0 Å². The van der Waals surface area contributed by atoms with Gasteiger partial charge in [-0.1, -0.05) is 20.3 Å². The number of thiophene rings is 1. The Morgan fingerprint density at radius 3 is 2.63 bits per heavy atom. The highest BCUT2D eigenvalue weighted by atomic mass is 32.1. The van der Waals surface area contributed by atoms with Gasteiger partial charge in [-0.2, -0.15) is 0 Å². The quantitative estimate of drug-likeness (QED) is 0.915. The van der Waals surface area contributed by atoms with Gasteiger partial charge in [-0.3, -0.25) is 4.79 Å². The van der Waals surface area contributed by atoms with E-state index in [4.69, 9.17) is 5.73 Å². The fraction of sp³-hybridized carbons (Fsp3) is 0.643. The number of nitrogens with zero attached hydrogens (tertiary/aromatic N) is 2. The first-order valence-corrected chi connectivity index (χ1v) is 7.84. The molecule has 1 fully saturated rings. The minimum Gasteiger partial charge on any atom is -0.360 e. The first-order chi connectivity index (χ1) is 9.13. The molecule has 4 nitrogen and oxygen atoms in total. The van der Waals surface area contributed by atoms with E-state index in [0.717, 1.165) is 32.6 Å². The molecule has 0 radical (unpaired) electrons. The van der Waals surface area contributed by atoms with Crippen LogP contribution in [-0.2, 0) is 4.79 Å². The fourth-order valence-electron chi connectivity index (χ4n) is 2.31. The van der Waals surface area contributed by atoms with Gasteiger partial charge in [-0.25, -0.2) is 0 Å². The minimum atomic E-state index is -0.349. The van der Waals surface area contributed by atoms with Crippen LogP contribution in [-0.4, -0.2) is 43.0 Å². The topological polar surface area (TPSA) is 49.6 Å². The zero-order chi connectivity index (χ0) is 13.8. The van der Waals surface area contributed by atoms with Crippen molar-refractivity contribution in [1.82, 2.24) is 4.90 Å². The van der Waals surface area contributed by atoms with E-state index in [9.17, 15) is 4.79 Å². The standard InChI is InChI=1S/C14H23N3OS/c1-3-11(2)13(15)14(18)17-8-6-16(7-9-17)12-5-4-10-19-12/h4-5,10-11,13H,3,6-9,15H2,1-2H3. The number of nitrogens with two attached hydrogens (primary N) is 1. The van der Waals surface area contributed by atoms with Crippen molar-refractivity contribution in [2.45, 2.75) is 26.3 Å². The molecular weight excluding hydrogens is 258 g/mol. The molecule has 1 aromatic heterocycles. The molecule has 19 heavy (non-hydrogen) atoms. The van der Waals surface area contributed by atoms with Crippen LogP contribution in [0.4, 0.5) is 5.00 Å². The van der Waals surface area contributed by atoms with Crippen molar-refractivity contribution in [3.63, 3.8) is 0 Å². The van der Waals surface area contributed by atoms with Gasteiger partial charge in [-0.05, 0) is 23.4 Å². The summed E-state index contributed by atoms with van der Waals surface area (Å²) in [5.74, 6) is 0.364. The molecule has 2 heterocycles. The highest BCUT2D eigenvalue weighted by Gasteiger charge is 2.27. The lowest BCUT2D eigenvalue weighted by atomic mass is 9.98. The van der Waals surface area contributed by atoms with Crippen LogP contribution in [0.3, 0.4) is 0 Å². The van der Waals surface area contributed by atoms with Crippen LogP contribution >= 0.6 is 11.3 Å². The summed E-state index contributed by atoms with van der Waals surface area (Å²) in [6.07, 6.45) is 0.946. The van der Waals surface area contributed by atoms with Crippen molar-refractivity contribution < 1.29 is 4.79 Å². The Kier molecular flexibility index (Phi) is 4.82. The smallest absolute Gasteiger partial charge is 0.239 e. The van der Waals surface area contributed by atoms with Gasteiger partial charge in [0.15, 0.2) is 0 Å². The van der Waals surface area contributed by atoms with E-state index in [2.05, 4.69) is 29.3 Å². The molecule has 0 aliphatic carbocycles. The number of hydrogen-bond donors (Lipinski definition) is 1. The van der Waals surface area contributed by atoms with Crippen LogP contribution in [0, 0.1) is 5.92 Å². The number of anilines is 1. The summed E-state index contributed by atoms with van der Waals surface area (Å²) in [4.78, 5) is 16.5. The van der Waals surface area contributed by atoms with Gasteiger partial charge >= 0.3 is 0 Å². The average molecular weight is 281 g/mol. The van der Waals surface area contributed by atoms with Crippen LogP contribution in [0.25, 0.3) is 0 Å². The summed E-state index contributed by atoms with van der Waals surface area (Å²) in [5, 5.41) is 3.38. The number of amides is 1. The van der Waals surface area contributed by atoms with Gasteiger partial charge in [-0.15, -0.1) is 11.3 Å². The van der Waals surface area contributed by atoms with Crippen LogP contribution < -0.4 is 10.6 Å². The van der Waals surface area contributed by atoms with Crippen molar-refractivity contribution >= 4 is 22.2 Å². The largest absolute Gasteiger partial charge is 0.360 e. The molecule has 0 spiro atoms. The van der Waals surface area contributed by atoms with E-state index in [1.54, 1.807) is 11.3 Å². The number of rotatable bonds is 4. The van der Waals surface area contributed by atoms with E-state index in [0.29, 0.717) is 0 Å². The monoisotopic (exact) mass is 281 g/mol. The molecule has 1 amide bonds. The summed E-state index contributed by atoms with van der Waals surface area (Å²) in [7, 11) is 0. The molecule has 2 N–H and O–H groups in total. The van der Waals surface area contributed by atoms with Gasteiger partial charge < -0.3 is 15.5 Å². The highest BCUT2D eigenvalue weighted by Crippen LogP contribution is 2.22. The molecule has 1 aliphatic heterocycles. The van der Waals surface area contributed by atoms with Gasteiger partial charge in [0.2, 0.25) is 5.91 Å². The van der Waals surface area contributed by atoms with Crippen molar-refractivity contribution in [2.75, 3.05) is 31.1 Å². The molecule has 2 atom stereocenters. The van der Waals surface area contributed by atoms with Crippen molar-refractivity contribution in [2.24, 2.45) is 11.7 Å². The fourth-order valence-corrected chi connectivity index (χ4v) is 3.09. The third-order valence-electron chi connectivity index (χ3n) is 3.95. The molecule has 1 saturated heterocycles. The minimum absolute atomic E-state index is 0.111. The van der Waals surface area contributed by atoms with Crippen LogP contribution in [0.2, 0.25) is 0 Å². The zero-order valence-electron chi connectivity index (χ0n) is 11.7. The second-order valence-corrected chi connectivity index (χ2v) is 6.10. The molecule has 0 saturated carbocycles. The first kappa shape index (κ1) is 14.3. The first-order valence-electron chi connectivity index (χ1n) is 6.96. The second kappa shape index (κ2) is 6.39. The molecule has 5 heteroatoms. The third kappa shape index (κ3) is 3.28. The molecule has 2 rings (SSSR count). The molecule has 2 unspecified atom stereocenters. The number of piperazine rings is 1. The number of hydrogen-bond acceptors (Lipinski definition) is 4. The van der Waals surface area contributed by atoms with E-state index >= 15 is 0 Å². The SMILES string of the molecule is CCC(C)C(N)C(=O)N1CCN(c2cccs2)CC1. The predicted octanol–water partition coefficient (Wildman–Crippen LogP) is 1.77. The zero-order valence-corrected chi connectivity index (χ0v) is 12.5. The highest BCUT2D eigenvalue weighted by molar-refractivity contribution is 7.14. The maximum Gasteiger partial charge on any atom is 0.239 e. The molecule has 0 aromatic carbocycles. The summed E-state index contributed by atoms with van der Waals surface area (Å²) in [5.41, 5.74) is 6.03. The predicted molar refractivity (Wildman–Crippen MR) is 80.5 cm³/mol. The maximum absolute atomic E-state index is 12.3. The number of carbonyl (C=O) groups excluding carboxylic acids is 1. The van der Waals surface area contributed by atoms with Gasteiger partial charge in [0.25, 0.3) is 0 Å². The lowest BCUT2D eigenvalue weighted by molar-refractivity contribution is -0.134. The van der Waals surface area contributed by atoms with Crippen LogP contribution in [0.5, 0.6) is 0 Å². The molecular formula is C14H23N3OS. The summed E-state index contributed by atoms with van der Waals surface area (Å²) in [6.45, 7) is 7.48. The Labute approximate surface area is 119 Å². The summed E-state index contributed by atoms with van der Waals surface area (Å²) in [6, 6.07) is 3.85. The van der Waals surface area contributed by atoms with E-state index in [1.807, 2.05) is 11.8 Å². The van der Waals surface area contributed by atoms with Gasteiger partial charge in [0.1, 0.15) is 0 Å². The Bertz CT molecular complexity index is 399. The van der Waals surface area contributed by atoms with E-state index < -0.39 is 0 Å². The van der Waals surface area contributed by atoms with Crippen LogP contribution in [0.15, 0.2) is 17.5 Å². The van der Waals surface area contributed by atoms with Crippen molar-refractivity contribution in [3.05, 3.63) is 17.5 Å². The molecule has 1 aromatic rings. The van der Waals surface area contributed by atoms with E-state index in [1.165, 1.54) is 5.00 Å². The lowest BCUT2D eigenvalue weighted by Crippen LogP contribution is -2.54. The molecule has 0 bridgehead atoms. The number of carbonyl (C=O) groups is 1. The van der Waals surface area contributed by atoms with Crippen molar-refractivity contribution in [1.29, 1.82) is 0 Å². The second-order valence-electron chi connectivity index (χ2n) is 5.17. The Hall–Kier alpha value is -1.07. The van der Waals surface area contributed by atoms with Gasteiger partial charge in [0.05, 0.1) is 11.0 Å². The van der Waals surface area contributed by atoms with Crippen LogP contribution in [0.1, 0.15) is 20.3 Å². The van der Waals surface area contributed by atoms with E-state index in [-0.39, 0.29) is 17.9 Å². The summed E-state index contributed by atoms with van der Waals surface area (Å²) < 4.78 is 0. The Morgan fingerprint density at radius 1 is 1.42 bits per heavy atom. The Balaban J connectivity index is 1.87. The molecule has 106 valence electrons. The lowest BCUT2D eigenvalue weighted by Gasteiger charge is -2.37. The average Bonchev–Trinajstić information content (AvgIpc) is 2.99. The molecule has 1 aliphatic rings. The maximum atomic E-state index is 12.3. The Morgan fingerprint density at radius 2 is 2.11 bits per heavy atom. The van der Waals surface area contributed by atoms with Gasteiger partial charge in [0, 0.05) is 26.2 Å². The summed E-state index contributed by atoms with van der Waals surface area (Å²) >= 11 is 1.75. The third-order valence-corrected chi connectivity index (χ3v) is 4.88.